The number of ether oxygens (including phenoxy) is 1. The molecule has 1 N–H and O–H groups in total. The standard InChI is InChI=1S/C20H26ClN5O2/c1-15-4-5-17(21)18(14-15)28-16(2)19(27)22-8-9-25-10-12-26(13-11-25)20-23-6-3-7-24-20/h3-7,14,16H,8-13H2,1-2H3,(H,22,27). The molecule has 1 aliphatic rings. The second-order valence-electron chi connectivity index (χ2n) is 6.86. The third-order valence-electron chi connectivity index (χ3n) is 4.69. The Kier molecular flexibility index (Phi) is 7.06. The fourth-order valence-corrected chi connectivity index (χ4v) is 3.21. The lowest BCUT2D eigenvalue weighted by Gasteiger charge is -2.34. The highest BCUT2D eigenvalue weighted by Gasteiger charge is 2.20. The predicted octanol–water partition coefficient (Wildman–Crippen LogP) is 2.14. The van der Waals surface area contributed by atoms with Gasteiger partial charge in [0, 0.05) is 51.7 Å². The van der Waals surface area contributed by atoms with E-state index in [0.29, 0.717) is 17.3 Å². The number of nitrogens with one attached hydrogen (secondary N) is 1. The minimum absolute atomic E-state index is 0.145. The number of anilines is 1. The zero-order chi connectivity index (χ0) is 19.9. The molecule has 1 aromatic carbocycles. The van der Waals surface area contributed by atoms with Gasteiger partial charge in [-0.25, -0.2) is 9.97 Å². The van der Waals surface area contributed by atoms with Crippen molar-refractivity contribution in [1.29, 1.82) is 0 Å². The molecule has 7 nitrogen and oxygen atoms in total. The van der Waals surface area contributed by atoms with Gasteiger partial charge in [0.1, 0.15) is 5.75 Å². The number of hydrogen-bond acceptors (Lipinski definition) is 6. The Bertz CT molecular complexity index is 781. The van der Waals surface area contributed by atoms with Crippen LogP contribution in [0.5, 0.6) is 5.75 Å². The molecule has 1 unspecified atom stereocenters. The topological polar surface area (TPSA) is 70.6 Å². The Morgan fingerprint density at radius 3 is 2.68 bits per heavy atom. The number of aryl methyl sites for hydroxylation is 1. The molecule has 1 fully saturated rings. The Morgan fingerprint density at radius 1 is 1.25 bits per heavy atom. The van der Waals surface area contributed by atoms with Gasteiger partial charge in [0.25, 0.3) is 5.91 Å². The molecule has 0 radical (unpaired) electrons. The van der Waals surface area contributed by atoms with E-state index in [1.165, 1.54) is 0 Å². The second-order valence-corrected chi connectivity index (χ2v) is 7.27. The van der Waals surface area contributed by atoms with Crippen LogP contribution in [-0.2, 0) is 4.79 Å². The molecule has 2 aromatic rings. The van der Waals surface area contributed by atoms with Gasteiger partial charge in [-0.3, -0.25) is 9.69 Å². The summed E-state index contributed by atoms with van der Waals surface area (Å²) in [6, 6.07) is 7.34. The van der Waals surface area contributed by atoms with E-state index in [1.54, 1.807) is 25.4 Å². The first kappa shape index (κ1) is 20.4. The lowest BCUT2D eigenvalue weighted by Crippen LogP contribution is -2.49. The molecular formula is C20H26ClN5O2. The molecule has 1 aliphatic heterocycles. The van der Waals surface area contributed by atoms with E-state index >= 15 is 0 Å². The van der Waals surface area contributed by atoms with Gasteiger partial charge in [0.05, 0.1) is 5.02 Å². The molecule has 0 saturated carbocycles. The highest BCUT2D eigenvalue weighted by Crippen LogP contribution is 2.26. The highest BCUT2D eigenvalue weighted by atomic mass is 35.5. The zero-order valence-electron chi connectivity index (χ0n) is 16.3. The average Bonchev–Trinajstić information content (AvgIpc) is 2.72. The molecule has 1 saturated heterocycles. The van der Waals surface area contributed by atoms with Crippen LogP contribution in [0.3, 0.4) is 0 Å². The third kappa shape index (κ3) is 5.56. The summed E-state index contributed by atoms with van der Waals surface area (Å²) in [6.45, 7) is 8.65. The molecule has 8 heteroatoms. The number of nitrogens with zero attached hydrogens (tertiary/aromatic N) is 4. The van der Waals surface area contributed by atoms with Gasteiger partial charge < -0.3 is 15.0 Å². The van der Waals surface area contributed by atoms with Crippen molar-refractivity contribution in [3.05, 3.63) is 47.2 Å². The van der Waals surface area contributed by atoms with E-state index in [0.717, 1.165) is 44.2 Å². The number of piperazine rings is 1. The van der Waals surface area contributed by atoms with Crippen molar-refractivity contribution in [2.45, 2.75) is 20.0 Å². The summed E-state index contributed by atoms with van der Waals surface area (Å²) < 4.78 is 5.72. The number of carbonyl (C=O) groups excluding carboxylic acids is 1. The molecular weight excluding hydrogens is 378 g/mol. The largest absolute Gasteiger partial charge is 0.479 e. The first-order valence-electron chi connectivity index (χ1n) is 9.48. The summed E-state index contributed by atoms with van der Waals surface area (Å²) in [5.74, 6) is 1.16. The molecule has 1 amide bonds. The van der Waals surface area contributed by atoms with Crippen molar-refractivity contribution < 1.29 is 9.53 Å². The number of rotatable bonds is 7. The number of amides is 1. The van der Waals surface area contributed by atoms with Crippen molar-refractivity contribution >= 4 is 23.5 Å². The summed E-state index contributed by atoms with van der Waals surface area (Å²) >= 11 is 6.13. The van der Waals surface area contributed by atoms with E-state index in [9.17, 15) is 4.79 Å². The second kappa shape index (κ2) is 9.71. The average molecular weight is 404 g/mol. The molecule has 0 aliphatic carbocycles. The Labute approximate surface area is 170 Å². The molecule has 0 bridgehead atoms. The fourth-order valence-electron chi connectivity index (χ4n) is 3.05. The Balaban J connectivity index is 1.38. The lowest BCUT2D eigenvalue weighted by molar-refractivity contribution is -0.127. The van der Waals surface area contributed by atoms with Crippen molar-refractivity contribution in [3.8, 4) is 5.75 Å². The van der Waals surface area contributed by atoms with Crippen LogP contribution in [0.4, 0.5) is 5.95 Å². The quantitative estimate of drug-likeness (QED) is 0.763. The van der Waals surface area contributed by atoms with Crippen LogP contribution >= 0.6 is 11.6 Å². The first-order chi connectivity index (χ1) is 13.5. The maximum absolute atomic E-state index is 12.3. The highest BCUT2D eigenvalue weighted by molar-refractivity contribution is 6.32. The van der Waals surface area contributed by atoms with E-state index in [4.69, 9.17) is 16.3 Å². The smallest absolute Gasteiger partial charge is 0.260 e. The zero-order valence-corrected chi connectivity index (χ0v) is 17.0. The minimum Gasteiger partial charge on any atom is -0.479 e. The summed E-state index contributed by atoms with van der Waals surface area (Å²) in [6.07, 6.45) is 2.92. The van der Waals surface area contributed by atoms with Crippen LogP contribution in [0.25, 0.3) is 0 Å². The Morgan fingerprint density at radius 2 is 1.96 bits per heavy atom. The van der Waals surface area contributed by atoms with Crippen LogP contribution in [-0.4, -0.2) is 66.1 Å². The summed E-state index contributed by atoms with van der Waals surface area (Å²) in [5, 5.41) is 3.45. The maximum atomic E-state index is 12.3. The first-order valence-corrected chi connectivity index (χ1v) is 9.85. The van der Waals surface area contributed by atoms with E-state index in [2.05, 4.69) is 25.1 Å². The number of halogens is 1. The number of aromatic nitrogens is 2. The minimum atomic E-state index is -0.605. The van der Waals surface area contributed by atoms with Gasteiger partial charge in [0.2, 0.25) is 5.95 Å². The molecule has 150 valence electrons. The molecule has 3 rings (SSSR count). The van der Waals surface area contributed by atoms with Gasteiger partial charge >= 0.3 is 0 Å². The summed E-state index contributed by atoms with van der Waals surface area (Å²) in [7, 11) is 0. The van der Waals surface area contributed by atoms with Gasteiger partial charge in [-0.2, -0.15) is 0 Å². The van der Waals surface area contributed by atoms with Crippen LogP contribution < -0.4 is 15.0 Å². The van der Waals surface area contributed by atoms with Crippen molar-refractivity contribution in [2.24, 2.45) is 0 Å². The third-order valence-corrected chi connectivity index (χ3v) is 5.01. The normalized spacial score (nSPS) is 15.9. The molecule has 2 heterocycles. The van der Waals surface area contributed by atoms with Crippen LogP contribution in [0, 0.1) is 6.92 Å². The molecule has 1 aromatic heterocycles. The van der Waals surface area contributed by atoms with Crippen LogP contribution in [0.2, 0.25) is 5.02 Å². The molecule has 1 atom stereocenters. The van der Waals surface area contributed by atoms with Crippen LogP contribution in [0.1, 0.15) is 12.5 Å². The van der Waals surface area contributed by atoms with Crippen molar-refractivity contribution in [2.75, 3.05) is 44.2 Å². The molecule has 0 spiro atoms. The maximum Gasteiger partial charge on any atom is 0.260 e. The van der Waals surface area contributed by atoms with E-state index in [1.807, 2.05) is 25.1 Å². The Hall–Kier alpha value is -2.38. The van der Waals surface area contributed by atoms with Gasteiger partial charge in [-0.05, 0) is 37.6 Å². The van der Waals surface area contributed by atoms with Crippen molar-refractivity contribution in [1.82, 2.24) is 20.2 Å². The number of benzene rings is 1. The molecule has 28 heavy (non-hydrogen) atoms. The monoisotopic (exact) mass is 403 g/mol. The van der Waals surface area contributed by atoms with Gasteiger partial charge in [-0.1, -0.05) is 17.7 Å². The predicted molar refractivity (Wildman–Crippen MR) is 110 cm³/mol. The summed E-state index contributed by atoms with van der Waals surface area (Å²) in [5.41, 5.74) is 1.03. The van der Waals surface area contributed by atoms with Gasteiger partial charge in [0.15, 0.2) is 6.10 Å². The fraction of sp³-hybridized carbons (Fsp3) is 0.450. The summed E-state index contributed by atoms with van der Waals surface area (Å²) in [4.78, 5) is 25.4. The number of carbonyl (C=O) groups is 1. The van der Waals surface area contributed by atoms with E-state index in [-0.39, 0.29) is 5.91 Å². The SMILES string of the molecule is Cc1ccc(Cl)c(OC(C)C(=O)NCCN2CCN(c3ncccn3)CC2)c1. The number of hydrogen-bond donors (Lipinski definition) is 1. The van der Waals surface area contributed by atoms with Gasteiger partial charge in [-0.15, -0.1) is 0 Å². The van der Waals surface area contributed by atoms with Crippen LogP contribution in [0.15, 0.2) is 36.7 Å². The van der Waals surface area contributed by atoms with Crippen molar-refractivity contribution in [3.63, 3.8) is 0 Å². The van der Waals surface area contributed by atoms with E-state index < -0.39 is 6.10 Å². The lowest BCUT2D eigenvalue weighted by atomic mass is 10.2.